The van der Waals surface area contributed by atoms with E-state index in [0.717, 1.165) is 19.3 Å². The Morgan fingerprint density at radius 3 is 2.58 bits per heavy atom. The van der Waals surface area contributed by atoms with E-state index in [1.807, 2.05) is 0 Å². The highest BCUT2D eigenvalue weighted by Crippen LogP contribution is 2.22. The van der Waals surface area contributed by atoms with Crippen LogP contribution in [-0.2, 0) is 4.79 Å². The maximum absolute atomic E-state index is 12.4. The Balaban J connectivity index is 1.60. The molecule has 8 nitrogen and oxygen atoms in total. The number of aromatic carboxylic acids is 1. The Morgan fingerprint density at radius 2 is 1.88 bits per heavy atom. The van der Waals surface area contributed by atoms with Crippen molar-refractivity contribution in [1.29, 1.82) is 0 Å². The Bertz CT molecular complexity index is 659. The van der Waals surface area contributed by atoms with Crippen molar-refractivity contribution in [1.82, 2.24) is 15.6 Å². The fourth-order valence-corrected chi connectivity index (χ4v) is 2.76. The average Bonchev–Trinajstić information content (AvgIpc) is 3.24. The minimum atomic E-state index is -1.08. The second-order valence-corrected chi connectivity index (χ2v) is 6.04. The van der Waals surface area contributed by atoms with Gasteiger partial charge in [-0.25, -0.2) is 9.59 Å². The number of para-hydroxylation sites is 1. The van der Waals surface area contributed by atoms with E-state index >= 15 is 0 Å². The van der Waals surface area contributed by atoms with Crippen LogP contribution in [0.4, 0.5) is 10.5 Å². The van der Waals surface area contributed by atoms with Crippen LogP contribution in [0.3, 0.4) is 0 Å². The number of carbonyl (C=O) groups is 3. The molecular formula is C16H20N4O4. The summed E-state index contributed by atoms with van der Waals surface area (Å²) in [6.07, 6.45) is 3.34. The first-order valence-corrected chi connectivity index (χ1v) is 8.01. The fourth-order valence-electron chi connectivity index (χ4n) is 2.76. The molecule has 1 heterocycles. The fraction of sp³-hybridized carbons (Fsp3) is 0.438. The zero-order chi connectivity index (χ0) is 17.1. The van der Waals surface area contributed by atoms with E-state index in [1.165, 1.54) is 6.07 Å². The van der Waals surface area contributed by atoms with Gasteiger partial charge in [-0.15, -0.1) is 0 Å². The highest BCUT2D eigenvalue weighted by Gasteiger charge is 2.36. The highest BCUT2D eigenvalue weighted by molar-refractivity contribution is 5.95. The van der Waals surface area contributed by atoms with Gasteiger partial charge in [0.05, 0.1) is 11.3 Å². The first-order valence-electron chi connectivity index (χ1n) is 8.01. The van der Waals surface area contributed by atoms with Crippen LogP contribution in [0, 0.1) is 0 Å². The van der Waals surface area contributed by atoms with Crippen LogP contribution in [0.15, 0.2) is 24.3 Å². The quantitative estimate of drug-likeness (QED) is 0.605. The van der Waals surface area contributed by atoms with Gasteiger partial charge in [-0.3, -0.25) is 15.6 Å². The number of hydrogen-bond donors (Lipinski definition) is 4. The number of carboxylic acid groups (broad SMARTS) is 1. The van der Waals surface area contributed by atoms with Crippen molar-refractivity contribution in [2.45, 2.75) is 37.8 Å². The molecule has 128 valence electrons. The molecule has 3 amide bonds. The monoisotopic (exact) mass is 332 g/mol. The van der Waals surface area contributed by atoms with Crippen LogP contribution >= 0.6 is 0 Å². The first-order chi connectivity index (χ1) is 11.6. The third-order valence-corrected chi connectivity index (χ3v) is 4.20. The summed E-state index contributed by atoms with van der Waals surface area (Å²) in [6, 6.07) is 5.78. The first kappa shape index (κ1) is 16.1. The molecule has 1 saturated carbocycles. The van der Waals surface area contributed by atoms with Gasteiger partial charge in [0.25, 0.3) is 5.91 Å². The van der Waals surface area contributed by atoms with Gasteiger partial charge in [-0.1, -0.05) is 12.1 Å². The predicted octanol–water partition coefficient (Wildman–Crippen LogP) is 1.16. The Hall–Kier alpha value is -2.77. The molecule has 8 heteroatoms. The minimum Gasteiger partial charge on any atom is -0.478 e. The number of likely N-dealkylation sites (tertiary alicyclic amines) is 1. The summed E-state index contributed by atoms with van der Waals surface area (Å²) < 4.78 is 0. The summed E-state index contributed by atoms with van der Waals surface area (Å²) in [5, 5.41) is 12.0. The molecule has 0 bridgehead atoms. The van der Waals surface area contributed by atoms with E-state index in [-0.39, 0.29) is 23.5 Å². The van der Waals surface area contributed by atoms with Gasteiger partial charge >= 0.3 is 12.0 Å². The maximum atomic E-state index is 12.4. The SMILES string of the molecule is O=C(O)c1ccccc1NNC(=O)C1CCCN1C(=O)NC1CC1. The Kier molecular flexibility index (Phi) is 4.54. The molecule has 1 aromatic carbocycles. The van der Waals surface area contributed by atoms with Gasteiger partial charge in [0.1, 0.15) is 6.04 Å². The number of carboxylic acids is 1. The summed E-state index contributed by atoms with van der Waals surface area (Å²) in [5.74, 6) is -1.43. The van der Waals surface area contributed by atoms with Gasteiger partial charge in [-0.2, -0.15) is 0 Å². The van der Waals surface area contributed by atoms with E-state index in [0.29, 0.717) is 18.7 Å². The highest BCUT2D eigenvalue weighted by atomic mass is 16.4. The molecule has 0 radical (unpaired) electrons. The average molecular weight is 332 g/mol. The van der Waals surface area contributed by atoms with Gasteiger partial charge < -0.3 is 15.3 Å². The smallest absolute Gasteiger partial charge is 0.337 e. The van der Waals surface area contributed by atoms with Crippen molar-refractivity contribution in [2.24, 2.45) is 0 Å². The molecule has 3 rings (SSSR count). The molecule has 2 fully saturated rings. The van der Waals surface area contributed by atoms with Crippen LogP contribution in [-0.4, -0.2) is 46.5 Å². The largest absolute Gasteiger partial charge is 0.478 e. The number of anilines is 1. The summed E-state index contributed by atoms with van der Waals surface area (Å²) in [6.45, 7) is 0.544. The number of benzene rings is 1. The van der Waals surface area contributed by atoms with E-state index in [9.17, 15) is 14.4 Å². The zero-order valence-corrected chi connectivity index (χ0v) is 13.1. The third-order valence-electron chi connectivity index (χ3n) is 4.20. The molecule has 1 aromatic rings. The van der Waals surface area contributed by atoms with E-state index in [4.69, 9.17) is 5.11 Å². The zero-order valence-electron chi connectivity index (χ0n) is 13.1. The number of hydrazine groups is 1. The van der Waals surface area contributed by atoms with E-state index in [1.54, 1.807) is 23.1 Å². The number of rotatable bonds is 5. The summed E-state index contributed by atoms with van der Waals surface area (Å²) in [7, 11) is 0. The second kappa shape index (κ2) is 6.77. The molecule has 0 aromatic heterocycles. The van der Waals surface area contributed by atoms with Crippen molar-refractivity contribution >= 4 is 23.6 Å². The van der Waals surface area contributed by atoms with Crippen LogP contribution in [0.5, 0.6) is 0 Å². The molecule has 1 unspecified atom stereocenters. The molecule has 1 aliphatic carbocycles. The van der Waals surface area contributed by atoms with Crippen LogP contribution in [0.1, 0.15) is 36.0 Å². The van der Waals surface area contributed by atoms with Crippen molar-refractivity contribution in [3.63, 3.8) is 0 Å². The lowest BCUT2D eigenvalue weighted by Crippen LogP contribution is -2.51. The molecule has 2 aliphatic rings. The van der Waals surface area contributed by atoms with E-state index < -0.39 is 12.0 Å². The molecule has 1 atom stereocenters. The number of hydrogen-bond acceptors (Lipinski definition) is 4. The van der Waals surface area contributed by atoms with Crippen molar-refractivity contribution in [3.05, 3.63) is 29.8 Å². The topological polar surface area (TPSA) is 111 Å². The lowest BCUT2D eigenvalue weighted by atomic mass is 10.2. The van der Waals surface area contributed by atoms with Crippen molar-refractivity contribution in [3.8, 4) is 0 Å². The maximum Gasteiger partial charge on any atom is 0.337 e. The molecule has 4 N–H and O–H groups in total. The number of nitrogens with zero attached hydrogens (tertiary/aromatic N) is 1. The molecule has 1 aliphatic heterocycles. The predicted molar refractivity (Wildman–Crippen MR) is 86.4 cm³/mol. The summed E-state index contributed by atoms with van der Waals surface area (Å²) in [4.78, 5) is 37.2. The lowest BCUT2D eigenvalue weighted by Gasteiger charge is -2.24. The molecule has 24 heavy (non-hydrogen) atoms. The second-order valence-electron chi connectivity index (χ2n) is 6.04. The lowest BCUT2D eigenvalue weighted by molar-refractivity contribution is -0.124. The number of amides is 3. The molecule has 0 spiro atoms. The Morgan fingerprint density at radius 1 is 1.12 bits per heavy atom. The number of carbonyl (C=O) groups excluding carboxylic acids is 2. The van der Waals surface area contributed by atoms with Crippen molar-refractivity contribution < 1.29 is 19.5 Å². The van der Waals surface area contributed by atoms with Gasteiger partial charge in [0, 0.05) is 12.6 Å². The van der Waals surface area contributed by atoms with Gasteiger partial charge in [0.2, 0.25) is 0 Å². The van der Waals surface area contributed by atoms with Gasteiger partial charge in [0.15, 0.2) is 0 Å². The summed E-state index contributed by atoms with van der Waals surface area (Å²) >= 11 is 0. The number of urea groups is 1. The third kappa shape index (κ3) is 3.58. The minimum absolute atomic E-state index is 0.0626. The van der Waals surface area contributed by atoms with Crippen LogP contribution in [0.25, 0.3) is 0 Å². The van der Waals surface area contributed by atoms with E-state index in [2.05, 4.69) is 16.2 Å². The van der Waals surface area contributed by atoms with Crippen LogP contribution in [0.2, 0.25) is 0 Å². The Labute approximate surface area is 139 Å². The normalized spacial score (nSPS) is 19.7. The standard InChI is InChI=1S/C16H20N4O4/c21-14(19-18-12-5-2-1-4-11(12)15(22)23)13-6-3-9-20(13)16(24)17-10-7-8-10/h1-2,4-5,10,13,18H,3,6-9H2,(H,17,24)(H,19,21)(H,22,23). The van der Waals surface area contributed by atoms with Gasteiger partial charge in [-0.05, 0) is 37.8 Å². The molecule has 1 saturated heterocycles. The van der Waals surface area contributed by atoms with Crippen LogP contribution < -0.4 is 16.2 Å². The summed E-state index contributed by atoms with van der Waals surface area (Å²) in [5.41, 5.74) is 5.52. The number of nitrogens with one attached hydrogen (secondary N) is 3. The van der Waals surface area contributed by atoms with Crippen molar-refractivity contribution in [2.75, 3.05) is 12.0 Å². The molecular weight excluding hydrogens is 312 g/mol.